The molecule has 2 N–H and O–H groups in total. The van der Waals surface area contributed by atoms with Crippen LogP contribution in [0.5, 0.6) is 0 Å². The van der Waals surface area contributed by atoms with Gasteiger partial charge in [0.1, 0.15) is 0 Å². The van der Waals surface area contributed by atoms with Gasteiger partial charge >= 0.3 is 0 Å². The molecule has 132 valence electrons. The molecule has 1 heterocycles. The summed E-state index contributed by atoms with van der Waals surface area (Å²) in [7, 11) is 1.85. The summed E-state index contributed by atoms with van der Waals surface area (Å²) >= 11 is 0. The summed E-state index contributed by atoms with van der Waals surface area (Å²) in [6.45, 7) is 3.52. The Morgan fingerprint density at radius 1 is 1.36 bits per heavy atom. The van der Waals surface area contributed by atoms with Crippen LogP contribution in [0.3, 0.4) is 0 Å². The van der Waals surface area contributed by atoms with Crippen molar-refractivity contribution >= 4 is 18.0 Å². The van der Waals surface area contributed by atoms with Crippen LogP contribution in [0.1, 0.15) is 25.3 Å². The highest BCUT2D eigenvalue weighted by atomic mass is 16.2. The average Bonchev–Trinajstić information content (AvgIpc) is 3.37. The Bertz CT molecular complexity index is 732. The summed E-state index contributed by atoms with van der Waals surface area (Å²) < 4.78 is 0. The van der Waals surface area contributed by atoms with E-state index in [1.165, 1.54) is 12.8 Å². The molecule has 1 aliphatic heterocycles. The minimum atomic E-state index is 0.140. The van der Waals surface area contributed by atoms with Crippen molar-refractivity contribution in [3.63, 3.8) is 0 Å². The lowest BCUT2D eigenvalue weighted by atomic mass is 10.0. The van der Waals surface area contributed by atoms with Crippen molar-refractivity contribution in [1.82, 2.24) is 10.2 Å². The van der Waals surface area contributed by atoms with Gasteiger partial charge < -0.3 is 15.5 Å². The Labute approximate surface area is 148 Å². The molecule has 1 saturated carbocycles. The number of carbonyl (C=O) groups excluding carboxylic acids is 2. The smallest absolute Gasteiger partial charge is 0.256 e. The first kappa shape index (κ1) is 17.3. The maximum absolute atomic E-state index is 12.8. The van der Waals surface area contributed by atoms with Crippen LogP contribution in [0, 0.1) is 5.92 Å². The van der Waals surface area contributed by atoms with E-state index in [9.17, 15) is 9.59 Å². The third kappa shape index (κ3) is 4.10. The van der Waals surface area contributed by atoms with E-state index in [-0.39, 0.29) is 5.91 Å². The van der Waals surface area contributed by atoms with Crippen molar-refractivity contribution in [3.8, 4) is 0 Å². The number of hydrogen-bond donors (Lipinski definition) is 2. The predicted octanol–water partition coefficient (Wildman–Crippen LogP) is 2.47. The number of hydrogen-bond acceptors (Lipinski definition) is 3. The van der Waals surface area contributed by atoms with Gasteiger partial charge in [0.2, 0.25) is 6.41 Å². The highest BCUT2D eigenvalue weighted by Gasteiger charge is 2.35. The molecule has 0 unspecified atom stereocenters. The van der Waals surface area contributed by atoms with E-state index in [4.69, 9.17) is 0 Å². The van der Waals surface area contributed by atoms with Gasteiger partial charge in [0.15, 0.2) is 0 Å². The lowest BCUT2D eigenvalue weighted by Crippen LogP contribution is -2.28. The first-order valence-corrected chi connectivity index (χ1v) is 8.78. The van der Waals surface area contributed by atoms with Gasteiger partial charge in [-0.05, 0) is 55.4 Å². The second-order valence-electron chi connectivity index (χ2n) is 6.78. The van der Waals surface area contributed by atoms with Crippen LogP contribution in [0.15, 0.2) is 47.2 Å². The second-order valence-corrected chi connectivity index (χ2v) is 6.78. The van der Waals surface area contributed by atoms with Gasteiger partial charge in [-0.3, -0.25) is 9.59 Å². The second kappa shape index (κ2) is 7.55. The lowest BCUT2D eigenvalue weighted by Gasteiger charge is -2.14. The summed E-state index contributed by atoms with van der Waals surface area (Å²) in [5.74, 6) is 0.826. The molecule has 5 nitrogen and oxygen atoms in total. The molecule has 2 aliphatic rings. The maximum atomic E-state index is 12.8. The summed E-state index contributed by atoms with van der Waals surface area (Å²) in [6, 6.07) is 7.77. The van der Waals surface area contributed by atoms with Crippen molar-refractivity contribution < 1.29 is 9.59 Å². The monoisotopic (exact) mass is 339 g/mol. The normalized spacial score (nSPS) is 20.8. The summed E-state index contributed by atoms with van der Waals surface area (Å²) in [6.07, 6.45) is 6.03. The fraction of sp³-hybridized carbons (Fsp3) is 0.400. The molecule has 5 heteroatoms. The zero-order chi connectivity index (χ0) is 17.8. The molecular formula is C20H25N3O2. The molecule has 0 aromatic heterocycles. The van der Waals surface area contributed by atoms with Gasteiger partial charge in [-0.15, -0.1) is 0 Å². The van der Waals surface area contributed by atoms with Crippen LogP contribution in [-0.2, 0) is 16.0 Å². The first-order chi connectivity index (χ1) is 12.1. The molecule has 1 aliphatic carbocycles. The highest BCUT2D eigenvalue weighted by Crippen LogP contribution is 2.34. The number of allylic oxidation sites excluding steroid dienone is 2. The Morgan fingerprint density at radius 3 is 2.84 bits per heavy atom. The molecule has 0 radical (unpaired) electrons. The average molecular weight is 339 g/mol. The van der Waals surface area contributed by atoms with Crippen molar-refractivity contribution in [2.75, 3.05) is 25.5 Å². The number of anilines is 1. The molecule has 0 bridgehead atoms. The third-order valence-corrected chi connectivity index (χ3v) is 4.85. The summed E-state index contributed by atoms with van der Waals surface area (Å²) in [5.41, 5.74) is 4.71. The van der Waals surface area contributed by atoms with Crippen LogP contribution in [0.25, 0.3) is 0 Å². The fourth-order valence-corrected chi connectivity index (χ4v) is 3.20. The molecule has 1 aromatic rings. The largest absolute Gasteiger partial charge is 0.391 e. The van der Waals surface area contributed by atoms with Crippen LogP contribution < -0.4 is 10.6 Å². The number of benzene rings is 1. The highest BCUT2D eigenvalue weighted by molar-refractivity contribution is 6.02. The van der Waals surface area contributed by atoms with Gasteiger partial charge in [-0.1, -0.05) is 18.2 Å². The van der Waals surface area contributed by atoms with Gasteiger partial charge in [0.25, 0.3) is 5.91 Å². The van der Waals surface area contributed by atoms with Crippen LogP contribution in [0.4, 0.5) is 5.69 Å². The molecular weight excluding hydrogens is 314 g/mol. The first-order valence-electron chi connectivity index (χ1n) is 8.78. The lowest BCUT2D eigenvalue weighted by molar-refractivity contribution is -0.125. The number of amides is 2. The molecule has 2 amide bonds. The molecule has 1 aromatic carbocycles. The molecule has 2 fully saturated rings. The number of nitrogens with zero attached hydrogens (tertiary/aromatic N) is 1. The standard InChI is InChI=1S/C20H25N3O2/c1-14(21-2)19-17(12-23(20(19)25)11-16-6-7-16)9-8-15-4-3-5-18(10-15)22-13-24/h3-5,9-10,13,16,21H,6-8,11-12H2,1-2H3,(H,22,24)/b17-9-,19-14+. The van der Waals surface area contributed by atoms with E-state index < -0.39 is 0 Å². The van der Waals surface area contributed by atoms with Crippen molar-refractivity contribution in [3.05, 3.63) is 52.7 Å². The summed E-state index contributed by atoms with van der Waals surface area (Å²) in [4.78, 5) is 25.3. The van der Waals surface area contributed by atoms with E-state index in [0.29, 0.717) is 18.9 Å². The van der Waals surface area contributed by atoms with E-state index >= 15 is 0 Å². The van der Waals surface area contributed by atoms with Gasteiger partial charge in [0, 0.05) is 31.5 Å². The van der Waals surface area contributed by atoms with Gasteiger partial charge in [0.05, 0.1) is 5.57 Å². The Kier molecular flexibility index (Phi) is 5.22. The fourth-order valence-electron chi connectivity index (χ4n) is 3.20. The van der Waals surface area contributed by atoms with Crippen molar-refractivity contribution in [1.29, 1.82) is 0 Å². The Hall–Kier alpha value is -2.56. The minimum Gasteiger partial charge on any atom is -0.391 e. The molecule has 25 heavy (non-hydrogen) atoms. The van der Waals surface area contributed by atoms with Crippen molar-refractivity contribution in [2.45, 2.75) is 26.2 Å². The maximum Gasteiger partial charge on any atom is 0.256 e. The number of likely N-dealkylation sites (tertiary alicyclic amines) is 1. The topological polar surface area (TPSA) is 61.4 Å². The van der Waals surface area contributed by atoms with Gasteiger partial charge in [-0.25, -0.2) is 0 Å². The zero-order valence-corrected chi connectivity index (χ0v) is 14.8. The van der Waals surface area contributed by atoms with Crippen molar-refractivity contribution in [2.24, 2.45) is 5.92 Å². The third-order valence-electron chi connectivity index (χ3n) is 4.85. The predicted molar refractivity (Wildman–Crippen MR) is 99.0 cm³/mol. The summed E-state index contributed by atoms with van der Waals surface area (Å²) in [5, 5.41) is 5.79. The Morgan fingerprint density at radius 2 is 2.16 bits per heavy atom. The number of rotatable bonds is 7. The number of carbonyl (C=O) groups is 2. The van der Waals surface area contributed by atoms with E-state index in [1.54, 1.807) is 0 Å². The van der Waals surface area contributed by atoms with E-state index in [1.807, 2.05) is 43.1 Å². The Balaban J connectivity index is 1.80. The quantitative estimate of drug-likeness (QED) is 0.593. The minimum absolute atomic E-state index is 0.140. The number of nitrogens with one attached hydrogen (secondary N) is 2. The SMILES string of the molecule is CN/C(C)=C1/C(=O)N(CC2CC2)C/C1=C/Cc1cccc(NC=O)c1. The van der Waals surface area contributed by atoms with Gasteiger partial charge in [-0.2, -0.15) is 0 Å². The molecule has 0 spiro atoms. The zero-order valence-electron chi connectivity index (χ0n) is 14.8. The molecule has 0 atom stereocenters. The van der Waals surface area contributed by atoms with E-state index in [2.05, 4.69) is 16.7 Å². The van der Waals surface area contributed by atoms with Crippen LogP contribution >= 0.6 is 0 Å². The van der Waals surface area contributed by atoms with E-state index in [0.717, 1.165) is 41.1 Å². The molecule has 1 saturated heterocycles. The van der Waals surface area contributed by atoms with Crippen LogP contribution in [0.2, 0.25) is 0 Å². The van der Waals surface area contributed by atoms with Crippen LogP contribution in [-0.4, -0.2) is 37.4 Å². The molecule has 3 rings (SSSR count).